The third-order valence-corrected chi connectivity index (χ3v) is 9.87. The van der Waals surface area contributed by atoms with E-state index in [0.717, 1.165) is 94.9 Å². The van der Waals surface area contributed by atoms with Gasteiger partial charge in [0.2, 0.25) is 0 Å². The number of rotatable bonds is 7. The summed E-state index contributed by atoms with van der Waals surface area (Å²) in [4.78, 5) is 20.5. The van der Waals surface area contributed by atoms with Gasteiger partial charge in [0.05, 0.1) is 39.1 Å². The minimum absolute atomic E-state index is 0.799. The first-order valence-electron chi connectivity index (χ1n) is 17.7. The summed E-state index contributed by atoms with van der Waals surface area (Å²) in [7, 11) is 0. The van der Waals surface area contributed by atoms with E-state index in [4.69, 9.17) is 19.9 Å². The van der Waals surface area contributed by atoms with E-state index in [-0.39, 0.29) is 0 Å². The van der Waals surface area contributed by atoms with Gasteiger partial charge in [-0.25, -0.2) is 15.0 Å². The van der Waals surface area contributed by atoms with Crippen LogP contribution in [0, 0.1) is 0 Å². The van der Waals surface area contributed by atoms with E-state index in [9.17, 15) is 0 Å². The molecule has 0 aliphatic carbocycles. The molecule has 0 bridgehead atoms. The Morgan fingerprint density at radius 1 is 0.558 bits per heavy atom. The molecule has 4 aromatic heterocycles. The average Bonchev–Trinajstić information content (AvgIpc) is 3.22. The van der Waals surface area contributed by atoms with Gasteiger partial charge in [-0.2, -0.15) is 0 Å². The Morgan fingerprint density at radius 2 is 1.21 bits per heavy atom. The van der Waals surface area contributed by atoms with E-state index in [1.807, 2.05) is 30.5 Å². The molecule has 4 heterocycles. The fourth-order valence-electron chi connectivity index (χ4n) is 7.39. The third kappa shape index (κ3) is 5.42. The third-order valence-electron chi connectivity index (χ3n) is 9.87. The number of allylic oxidation sites excluding steroid dienone is 2. The monoisotopic (exact) mass is 666 g/mol. The molecule has 0 radical (unpaired) electrons. The van der Waals surface area contributed by atoms with Gasteiger partial charge in [-0.05, 0) is 52.9 Å². The zero-order chi connectivity index (χ0) is 35.0. The van der Waals surface area contributed by atoms with E-state index in [1.165, 1.54) is 11.1 Å². The molecule has 0 spiro atoms. The topological polar surface area (TPSA) is 51.6 Å². The first-order chi connectivity index (χ1) is 25.7. The lowest BCUT2D eigenvalue weighted by atomic mass is 9.91. The summed E-state index contributed by atoms with van der Waals surface area (Å²) in [5, 5.41) is 4.37. The maximum Gasteiger partial charge on any atom is 0.0978 e. The van der Waals surface area contributed by atoms with Crippen LogP contribution in [0.4, 0.5) is 0 Å². The molecule has 9 rings (SSSR count). The molecule has 246 valence electrons. The van der Waals surface area contributed by atoms with Crippen LogP contribution in [0.3, 0.4) is 0 Å². The highest BCUT2D eigenvalue weighted by molar-refractivity contribution is 6.16. The molecule has 0 saturated heterocycles. The number of hydrogen-bond acceptors (Lipinski definition) is 4. The van der Waals surface area contributed by atoms with Crippen LogP contribution in [0.15, 0.2) is 171 Å². The number of para-hydroxylation sites is 1. The second-order valence-corrected chi connectivity index (χ2v) is 12.9. The smallest absolute Gasteiger partial charge is 0.0978 e. The quantitative estimate of drug-likeness (QED) is 0.0965. The molecule has 0 N–H and O–H groups in total. The van der Waals surface area contributed by atoms with Crippen LogP contribution >= 0.6 is 0 Å². The molecule has 4 nitrogen and oxygen atoms in total. The van der Waals surface area contributed by atoms with Gasteiger partial charge in [0.1, 0.15) is 0 Å². The molecular formula is C48H34N4. The predicted octanol–water partition coefficient (Wildman–Crippen LogP) is 12.1. The summed E-state index contributed by atoms with van der Waals surface area (Å²) >= 11 is 0. The highest BCUT2D eigenvalue weighted by atomic mass is 14.8. The molecule has 0 atom stereocenters. The van der Waals surface area contributed by atoms with Crippen LogP contribution in [0.5, 0.6) is 0 Å². The van der Waals surface area contributed by atoms with Crippen molar-refractivity contribution in [3.05, 3.63) is 187 Å². The summed E-state index contributed by atoms with van der Waals surface area (Å²) < 4.78 is 0. The lowest BCUT2D eigenvalue weighted by molar-refractivity contribution is 1.13. The number of fused-ring (bicyclic) bond motifs is 5. The lowest BCUT2D eigenvalue weighted by Crippen LogP contribution is -1.99. The summed E-state index contributed by atoms with van der Waals surface area (Å²) in [6, 6.07) is 50.5. The Labute approximate surface area is 302 Å². The SMILES string of the molecule is C=C/C=C(/c1ccc(-c2ccc3ccc4c(-c5ccccc5)c5ccccc5nc4c3n2)nc1)c1ccc2ccc(-c3ccccc3)nc2c1CC. The van der Waals surface area contributed by atoms with Crippen LogP contribution in [0.1, 0.15) is 23.6 Å². The largest absolute Gasteiger partial charge is 0.254 e. The first-order valence-corrected chi connectivity index (χ1v) is 17.7. The number of aromatic nitrogens is 4. The van der Waals surface area contributed by atoms with Crippen molar-refractivity contribution in [3.8, 4) is 33.8 Å². The molecular weight excluding hydrogens is 633 g/mol. The van der Waals surface area contributed by atoms with E-state index >= 15 is 0 Å². The van der Waals surface area contributed by atoms with Gasteiger partial charge < -0.3 is 0 Å². The number of hydrogen-bond donors (Lipinski definition) is 0. The van der Waals surface area contributed by atoms with Crippen molar-refractivity contribution in [3.63, 3.8) is 0 Å². The van der Waals surface area contributed by atoms with Crippen molar-refractivity contribution in [1.82, 2.24) is 19.9 Å². The van der Waals surface area contributed by atoms with Gasteiger partial charge >= 0.3 is 0 Å². The highest BCUT2D eigenvalue weighted by Crippen LogP contribution is 2.38. The molecule has 9 aromatic rings. The normalized spacial score (nSPS) is 11.8. The number of nitrogens with zero attached hydrogens (tertiary/aromatic N) is 4. The van der Waals surface area contributed by atoms with Crippen molar-refractivity contribution in [2.45, 2.75) is 13.3 Å². The molecule has 5 aromatic carbocycles. The number of aryl methyl sites for hydroxylation is 1. The van der Waals surface area contributed by atoms with Crippen LogP contribution in [0.2, 0.25) is 0 Å². The Kier molecular flexibility index (Phi) is 7.90. The number of pyridine rings is 4. The highest BCUT2D eigenvalue weighted by Gasteiger charge is 2.17. The Balaban J connectivity index is 1.13. The van der Waals surface area contributed by atoms with E-state index in [2.05, 4.69) is 147 Å². The van der Waals surface area contributed by atoms with Crippen molar-refractivity contribution in [2.24, 2.45) is 0 Å². The molecule has 0 saturated carbocycles. The predicted molar refractivity (Wildman–Crippen MR) is 217 cm³/mol. The van der Waals surface area contributed by atoms with Gasteiger partial charge in [-0.3, -0.25) is 4.98 Å². The second kappa shape index (κ2) is 13.2. The summed E-state index contributed by atoms with van der Waals surface area (Å²) in [6.07, 6.45) is 6.69. The number of benzene rings is 5. The minimum Gasteiger partial charge on any atom is -0.254 e. The molecule has 0 unspecified atom stereocenters. The molecule has 0 aliphatic heterocycles. The zero-order valence-corrected chi connectivity index (χ0v) is 28.8. The lowest BCUT2D eigenvalue weighted by Gasteiger charge is -2.16. The zero-order valence-electron chi connectivity index (χ0n) is 28.8. The van der Waals surface area contributed by atoms with Crippen LogP contribution in [-0.4, -0.2) is 19.9 Å². The summed E-state index contributed by atoms with van der Waals surface area (Å²) in [6.45, 7) is 6.25. The fraction of sp³-hybridized carbons (Fsp3) is 0.0417. The van der Waals surface area contributed by atoms with Gasteiger partial charge in [-0.15, -0.1) is 0 Å². The average molecular weight is 667 g/mol. The van der Waals surface area contributed by atoms with E-state index in [0.29, 0.717) is 0 Å². The molecule has 4 heteroatoms. The summed E-state index contributed by atoms with van der Waals surface area (Å²) in [5.41, 5.74) is 14.1. The fourth-order valence-corrected chi connectivity index (χ4v) is 7.39. The first kappa shape index (κ1) is 31.2. The van der Waals surface area contributed by atoms with Gasteiger partial charge in [0.15, 0.2) is 0 Å². The molecule has 0 fully saturated rings. The van der Waals surface area contributed by atoms with Crippen LogP contribution in [-0.2, 0) is 6.42 Å². The van der Waals surface area contributed by atoms with E-state index in [1.54, 1.807) is 0 Å². The minimum atomic E-state index is 0.799. The Bertz CT molecular complexity index is 2820. The molecule has 0 aliphatic rings. The van der Waals surface area contributed by atoms with Gasteiger partial charge in [0, 0.05) is 44.4 Å². The maximum absolute atomic E-state index is 5.21. The van der Waals surface area contributed by atoms with E-state index < -0.39 is 0 Å². The molecule has 0 amide bonds. The second-order valence-electron chi connectivity index (χ2n) is 12.9. The maximum atomic E-state index is 5.21. The van der Waals surface area contributed by atoms with Crippen LogP contribution in [0.25, 0.3) is 83.0 Å². The standard InChI is InChI=1S/C48H34N4/c1-3-13-37(38-25-20-33-22-27-41(31-14-7-5-8-15-31)50-46(33)36(38)4-2)35-24-28-43(49-30-35)44-29-23-34-21-26-40-45(32-16-9-6-10-17-32)39-18-11-12-19-42(39)51-48(40)47(34)52-44/h3,5-30H,1,4H2,2H3/b37-13-. The Morgan fingerprint density at radius 3 is 1.96 bits per heavy atom. The van der Waals surface area contributed by atoms with Gasteiger partial charge in [0.25, 0.3) is 0 Å². The molecule has 52 heavy (non-hydrogen) atoms. The van der Waals surface area contributed by atoms with Crippen LogP contribution < -0.4 is 0 Å². The Hall–Kier alpha value is -6.78. The van der Waals surface area contributed by atoms with Crippen molar-refractivity contribution < 1.29 is 0 Å². The van der Waals surface area contributed by atoms with Crippen molar-refractivity contribution >= 4 is 49.2 Å². The van der Waals surface area contributed by atoms with Gasteiger partial charge in [-0.1, -0.05) is 147 Å². The summed E-state index contributed by atoms with van der Waals surface area (Å²) in [5.74, 6) is 0. The van der Waals surface area contributed by atoms with Crippen molar-refractivity contribution in [1.29, 1.82) is 0 Å². The van der Waals surface area contributed by atoms with Crippen molar-refractivity contribution in [2.75, 3.05) is 0 Å².